The highest BCUT2D eigenvalue weighted by atomic mass is 16.2. The first-order valence-corrected chi connectivity index (χ1v) is 11.3. The van der Waals surface area contributed by atoms with Crippen LogP contribution in [0.15, 0.2) is 4.99 Å². The smallest absolute Gasteiger partial charge is 0.286 e. The molecule has 4 nitrogen and oxygen atoms in total. The lowest BCUT2D eigenvalue weighted by Crippen LogP contribution is -2.37. The second-order valence-corrected chi connectivity index (χ2v) is 7.47. The van der Waals surface area contributed by atoms with Crippen LogP contribution in [0.3, 0.4) is 0 Å². The van der Waals surface area contributed by atoms with Gasteiger partial charge in [-0.1, -0.05) is 104 Å². The number of nitrogens with two attached hydrogens (primary N) is 1. The van der Waals surface area contributed by atoms with Gasteiger partial charge in [0.15, 0.2) is 5.84 Å². The van der Waals surface area contributed by atoms with Crippen LogP contribution in [-0.2, 0) is 4.79 Å². The first-order valence-electron chi connectivity index (χ1n) is 11.3. The molecule has 0 aromatic rings. The lowest BCUT2D eigenvalue weighted by Gasteiger charge is -2.05. The lowest BCUT2D eigenvalue weighted by atomic mass is 10.1. The minimum Gasteiger partial charge on any atom is -0.379 e. The molecule has 0 aliphatic rings. The fourth-order valence-electron chi connectivity index (χ4n) is 3.07. The van der Waals surface area contributed by atoms with Crippen molar-refractivity contribution in [1.29, 1.82) is 0 Å². The first-order chi connectivity index (χ1) is 12.7. The van der Waals surface area contributed by atoms with Gasteiger partial charge in [-0.2, -0.15) is 0 Å². The van der Waals surface area contributed by atoms with Gasteiger partial charge in [-0.15, -0.1) is 0 Å². The Morgan fingerprint density at radius 2 is 1.12 bits per heavy atom. The van der Waals surface area contributed by atoms with Gasteiger partial charge in [-0.05, 0) is 12.8 Å². The number of hydrogen-bond acceptors (Lipinski definition) is 2. The molecule has 4 heteroatoms. The van der Waals surface area contributed by atoms with Crippen LogP contribution in [0.1, 0.15) is 117 Å². The van der Waals surface area contributed by atoms with Gasteiger partial charge in [0, 0.05) is 13.1 Å². The Morgan fingerprint density at radius 1 is 0.692 bits per heavy atom. The van der Waals surface area contributed by atoms with Gasteiger partial charge >= 0.3 is 0 Å². The summed E-state index contributed by atoms with van der Waals surface area (Å²) >= 11 is 0. The van der Waals surface area contributed by atoms with E-state index in [0.717, 1.165) is 12.8 Å². The fraction of sp³-hybridized carbons (Fsp3) is 0.909. The molecule has 0 aromatic heterocycles. The van der Waals surface area contributed by atoms with Crippen molar-refractivity contribution >= 4 is 11.7 Å². The van der Waals surface area contributed by atoms with Gasteiger partial charge in [-0.3, -0.25) is 9.79 Å². The summed E-state index contributed by atoms with van der Waals surface area (Å²) in [6.45, 7) is 5.87. The number of rotatable bonds is 18. The average Bonchev–Trinajstić information content (AvgIpc) is 2.65. The predicted molar refractivity (Wildman–Crippen MR) is 115 cm³/mol. The molecule has 0 bridgehead atoms. The monoisotopic (exact) mass is 367 g/mol. The van der Waals surface area contributed by atoms with Crippen LogP contribution < -0.4 is 11.1 Å². The molecule has 0 unspecified atom stereocenters. The highest BCUT2D eigenvalue weighted by molar-refractivity contribution is 6.37. The molecule has 0 aliphatic carbocycles. The van der Waals surface area contributed by atoms with Crippen molar-refractivity contribution in [2.75, 3.05) is 13.1 Å². The molecule has 0 saturated carbocycles. The molecule has 0 rings (SSSR count). The standard InChI is InChI=1S/C22H45N3O/c1-3-5-7-9-11-13-15-17-19-24-21(23)22(26)25-20-18-16-14-12-10-8-6-4-2/h3-20H2,1-2H3,(H2,23,24)(H,25,26). The van der Waals surface area contributed by atoms with Crippen LogP contribution in [-0.4, -0.2) is 24.8 Å². The zero-order valence-corrected chi connectivity index (χ0v) is 17.7. The minimum atomic E-state index is -0.201. The van der Waals surface area contributed by atoms with Crippen molar-refractivity contribution in [1.82, 2.24) is 5.32 Å². The van der Waals surface area contributed by atoms with E-state index in [1.807, 2.05) is 0 Å². The van der Waals surface area contributed by atoms with E-state index in [1.54, 1.807) is 0 Å². The number of amidine groups is 1. The second-order valence-electron chi connectivity index (χ2n) is 7.47. The van der Waals surface area contributed by atoms with E-state index in [9.17, 15) is 4.79 Å². The molecule has 0 aliphatic heterocycles. The van der Waals surface area contributed by atoms with Crippen LogP contribution in [0, 0.1) is 0 Å². The van der Waals surface area contributed by atoms with E-state index in [4.69, 9.17) is 5.73 Å². The van der Waals surface area contributed by atoms with Gasteiger partial charge in [0.1, 0.15) is 0 Å². The van der Waals surface area contributed by atoms with Crippen molar-refractivity contribution in [2.45, 2.75) is 117 Å². The highest BCUT2D eigenvalue weighted by Crippen LogP contribution is 2.09. The molecule has 0 radical (unpaired) electrons. The maximum atomic E-state index is 11.8. The summed E-state index contributed by atoms with van der Waals surface area (Å²) in [7, 11) is 0. The fourth-order valence-corrected chi connectivity index (χ4v) is 3.07. The molecule has 26 heavy (non-hydrogen) atoms. The molecule has 0 spiro atoms. The average molecular weight is 368 g/mol. The van der Waals surface area contributed by atoms with Crippen LogP contribution in [0.25, 0.3) is 0 Å². The number of unbranched alkanes of at least 4 members (excludes halogenated alkanes) is 14. The summed E-state index contributed by atoms with van der Waals surface area (Å²) in [6.07, 6.45) is 20.3. The van der Waals surface area contributed by atoms with Gasteiger partial charge in [0.2, 0.25) is 0 Å². The van der Waals surface area contributed by atoms with E-state index in [0.29, 0.717) is 13.1 Å². The maximum absolute atomic E-state index is 11.8. The van der Waals surface area contributed by atoms with Crippen LogP contribution in [0.2, 0.25) is 0 Å². The SMILES string of the molecule is CCCCCCCCCCN=C(N)C(=O)NCCCCCCCCCC. The van der Waals surface area contributed by atoms with Crippen molar-refractivity contribution in [3.63, 3.8) is 0 Å². The van der Waals surface area contributed by atoms with Crippen molar-refractivity contribution in [3.05, 3.63) is 0 Å². The molecular weight excluding hydrogens is 322 g/mol. The highest BCUT2D eigenvalue weighted by Gasteiger charge is 2.05. The van der Waals surface area contributed by atoms with Crippen molar-refractivity contribution in [3.8, 4) is 0 Å². The van der Waals surface area contributed by atoms with Gasteiger partial charge < -0.3 is 11.1 Å². The molecule has 1 amide bonds. The lowest BCUT2D eigenvalue weighted by molar-refractivity contribution is -0.114. The molecule has 0 heterocycles. The Morgan fingerprint density at radius 3 is 1.62 bits per heavy atom. The zero-order valence-electron chi connectivity index (χ0n) is 17.7. The molecular formula is C22H45N3O. The number of hydrogen-bond donors (Lipinski definition) is 2. The van der Waals surface area contributed by atoms with E-state index < -0.39 is 0 Å². The number of carbonyl (C=O) groups excluding carboxylic acids is 1. The summed E-state index contributed by atoms with van der Waals surface area (Å²) in [5.74, 6) is -0.0555. The maximum Gasteiger partial charge on any atom is 0.286 e. The van der Waals surface area contributed by atoms with E-state index in [1.165, 1.54) is 89.9 Å². The molecule has 0 atom stereocenters. The topological polar surface area (TPSA) is 67.5 Å². The molecule has 0 saturated heterocycles. The Balaban J connectivity index is 3.45. The molecule has 0 fully saturated rings. The van der Waals surface area contributed by atoms with Crippen molar-refractivity contribution in [2.24, 2.45) is 10.7 Å². The third-order valence-electron chi connectivity index (χ3n) is 4.84. The van der Waals surface area contributed by atoms with Crippen LogP contribution in [0.4, 0.5) is 0 Å². The summed E-state index contributed by atoms with van der Waals surface area (Å²) in [5, 5.41) is 2.88. The summed E-state index contributed by atoms with van der Waals surface area (Å²) in [6, 6.07) is 0. The van der Waals surface area contributed by atoms with Gasteiger partial charge in [-0.25, -0.2) is 0 Å². The third kappa shape index (κ3) is 17.8. The number of carbonyl (C=O) groups is 1. The van der Waals surface area contributed by atoms with E-state index in [2.05, 4.69) is 24.2 Å². The Bertz CT molecular complexity index is 342. The van der Waals surface area contributed by atoms with Crippen LogP contribution >= 0.6 is 0 Å². The second kappa shape index (κ2) is 20.3. The molecule has 154 valence electrons. The normalized spacial score (nSPS) is 11.7. The van der Waals surface area contributed by atoms with Crippen molar-refractivity contribution < 1.29 is 4.79 Å². The van der Waals surface area contributed by atoms with Crippen LogP contribution in [0.5, 0.6) is 0 Å². The summed E-state index contributed by atoms with van der Waals surface area (Å²) < 4.78 is 0. The van der Waals surface area contributed by atoms with Gasteiger partial charge in [0.25, 0.3) is 5.91 Å². The quantitative estimate of drug-likeness (QED) is 0.184. The van der Waals surface area contributed by atoms with E-state index >= 15 is 0 Å². The minimum absolute atomic E-state index is 0.146. The van der Waals surface area contributed by atoms with E-state index in [-0.39, 0.29) is 11.7 Å². The summed E-state index contributed by atoms with van der Waals surface area (Å²) in [4.78, 5) is 16.1. The van der Waals surface area contributed by atoms with Gasteiger partial charge in [0.05, 0.1) is 0 Å². The third-order valence-corrected chi connectivity index (χ3v) is 4.84. The summed E-state index contributed by atoms with van der Waals surface area (Å²) in [5.41, 5.74) is 5.76. The predicted octanol–water partition coefficient (Wildman–Crippen LogP) is 5.74. The number of nitrogens with one attached hydrogen (secondary N) is 1. The number of aliphatic imine (C=N–C) groups is 1. The Hall–Kier alpha value is -1.06. The zero-order chi connectivity index (χ0) is 19.3. The largest absolute Gasteiger partial charge is 0.379 e. The Kier molecular flexibility index (Phi) is 19.4. The molecule has 3 N–H and O–H groups in total. The number of nitrogens with zero attached hydrogens (tertiary/aromatic N) is 1. The first kappa shape index (κ1) is 24.9. The number of amides is 1. The molecule has 0 aromatic carbocycles. The Labute approximate surface area is 162 Å².